The Bertz CT molecular complexity index is 886. The van der Waals surface area contributed by atoms with Crippen LogP contribution in [0.25, 0.3) is 0 Å². The molecule has 1 saturated carbocycles. The highest BCUT2D eigenvalue weighted by atomic mass is 35.5. The zero-order valence-corrected chi connectivity index (χ0v) is 18.1. The maximum absolute atomic E-state index is 13.4. The summed E-state index contributed by atoms with van der Waals surface area (Å²) in [7, 11) is 0. The van der Waals surface area contributed by atoms with Crippen molar-refractivity contribution in [3.63, 3.8) is 0 Å². The number of nitrogens with zero attached hydrogens (tertiary/aromatic N) is 1. The predicted molar refractivity (Wildman–Crippen MR) is 118 cm³/mol. The van der Waals surface area contributed by atoms with Gasteiger partial charge in [-0.15, -0.1) is 11.3 Å². The third-order valence-electron chi connectivity index (χ3n) is 5.65. The van der Waals surface area contributed by atoms with E-state index < -0.39 is 0 Å². The molecule has 154 valence electrons. The van der Waals surface area contributed by atoms with E-state index in [-0.39, 0.29) is 23.9 Å². The summed E-state index contributed by atoms with van der Waals surface area (Å²) in [6.07, 6.45) is 3.93. The summed E-state index contributed by atoms with van der Waals surface area (Å²) in [4.78, 5) is 27.7. The average molecular weight is 452 g/mol. The number of carbonyl (C=O) groups is 2. The number of thiophene rings is 1. The normalized spacial score (nSPS) is 24.4. The molecule has 2 heterocycles. The van der Waals surface area contributed by atoms with Gasteiger partial charge in [0.25, 0.3) is 0 Å². The molecule has 2 unspecified atom stereocenters. The molecule has 2 aliphatic rings. The number of amides is 2. The number of nitrogens with one attached hydrogen (secondary N) is 2. The van der Waals surface area contributed by atoms with Crippen LogP contribution in [0.2, 0.25) is 10.0 Å². The van der Waals surface area contributed by atoms with Gasteiger partial charge in [-0.25, -0.2) is 0 Å². The van der Waals surface area contributed by atoms with Crippen LogP contribution >= 0.6 is 34.5 Å². The maximum Gasteiger partial charge on any atom is 0.242 e. The van der Waals surface area contributed by atoms with Crippen molar-refractivity contribution in [3.05, 3.63) is 50.6 Å². The molecule has 8 heteroatoms. The van der Waals surface area contributed by atoms with Crippen molar-refractivity contribution in [2.45, 2.75) is 37.3 Å². The number of hydrogen-bond acceptors (Lipinski definition) is 4. The van der Waals surface area contributed by atoms with Gasteiger partial charge in [-0.1, -0.05) is 29.3 Å². The zero-order valence-electron chi connectivity index (χ0n) is 15.8. The number of benzene rings is 1. The lowest BCUT2D eigenvalue weighted by molar-refractivity contribution is -0.121. The van der Waals surface area contributed by atoms with Crippen LogP contribution < -0.4 is 10.6 Å². The number of carbonyl (C=O) groups excluding carboxylic acids is 2. The van der Waals surface area contributed by atoms with Gasteiger partial charge in [-0.05, 0) is 49.4 Å². The third kappa shape index (κ3) is 4.94. The van der Waals surface area contributed by atoms with Crippen LogP contribution in [0.3, 0.4) is 0 Å². The first-order chi connectivity index (χ1) is 14.0. The molecule has 4 rings (SSSR count). The van der Waals surface area contributed by atoms with Gasteiger partial charge in [0.15, 0.2) is 0 Å². The number of rotatable bonds is 8. The van der Waals surface area contributed by atoms with Crippen molar-refractivity contribution < 1.29 is 9.59 Å². The fourth-order valence-corrected chi connectivity index (χ4v) is 5.59. The molecule has 1 saturated heterocycles. The van der Waals surface area contributed by atoms with Gasteiger partial charge in [-0.2, -0.15) is 0 Å². The highest BCUT2D eigenvalue weighted by Gasteiger charge is 2.47. The summed E-state index contributed by atoms with van der Waals surface area (Å²) in [6, 6.07) is 8.95. The first-order valence-electron chi connectivity index (χ1n) is 9.78. The second-order valence-corrected chi connectivity index (χ2v) is 9.59. The van der Waals surface area contributed by atoms with Gasteiger partial charge >= 0.3 is 0 Å². The summed E-state index contributed by atoms with van der Waals surface area (Å²) >= 11 is 13.9. The number of halogens is 2. The van der Waals surface area contributed by atoms with Crippen molar-refractivity contribution in [3.8, 4) is 0 Å². The fraction of sp³-hybridized carbons (Fsp3) is 0.429. The number of anilines is 1. The van der Waals surface area contributed by atoms with Crippen LogP contribution in [0.4, 0.5) is 5.69 Å². The minimum Gasteiger partial charge on any atom is -0.357 e. The molecule has 1 aromatic heterocycles. The zero-order chi connectivity index (χ0) is 20.4. The second kappa shape index (κ2) is 9.04. The molecular weight excluding hydrogens is 429 g/mol. The van der Waals surface area contributed by atoms with Crippen LogP contribution in [0.5, 0.6) is 0 Å². The Labute approximate surface area is 184 Å². The number of hydrogen-bond donors (Lipinski definition) is 2. The van der Waals surface area contributed by atoms with Crippen LogP contribution in [0.15, 0.2) is 35.7 Å². The van der Waals surface area contributed by atoms with Gasteiger partial charge in [-0.3, -0.25) is 14.5 Å². The second-order valence-electron chi connectivity index (χ2n) is 7.77. The van der Waals surface area contributed by atoms with Crippen molar-refractivity contribution in [1.29, 1.82) is 0 Å². The van der Waals surface area contributed by atoms with E-state index in [1.54, 1.807) is 23.5 Å². The molecule has 2 amide bonds. The molecule has 0 spiro atoms. The average Bonchev–Trinajstić information content (AvgIpc) is 3.28. The summed E-state index contributed by atoms with van der Waals surface area (Å²) in [5.74, 6) is 0.612. The lowest BCUT2D eigenvalue weighted by Crippen LogP contribution is -2.48. The van der Waals surface area contributed by atoms with E-state index in [1.165, 1.54) is 12.8 Å². The predicted octanol–water partition coefficient (Wildman–Crippen LogP) is 4.38. The molecule has 0 radical (unpaired) electrons. The maximum atomic E-state index is 13.4. The first-order valence-corrected chi connectivity index (χ1v) is 11.4. The number of likely N-dealkylation sites (tertiary alicyclic amines) is 1. The fourth-order valence-electron chi connectivity index (χ4n) is 4.17. The lowest BCUT2D eigenvalue weighted by Gasteiger charge is -2.30. The van der Waals surface area contributed by atoms with Crippen molar-refractivity contribution in [1.82, 2.24) is 10.2 Å². The van der Waals surface area contributed by atoms with E-state index >= 15 is 0 Å². The van der Waals surface area contributed by atoms with Crippen molar-refractivity contribution >= 4 is 52.5 Å². The Balaban J connectivity index is 1.62. The first kappa shape index (κ1) is 20.7. The molecule has 2 aromatic rings. The molecule has 5 nitrogen and oxygen atoms in total. The lowest BCUT2D eigenvalue weighted by atomic mass is 9.96. The highest BCUT2D eigenvalue weighted by molar-refractivity contribution is 7.10. The van der Waals surface area contributed by atoms with E-state index in [9.17, 15) is 9.59 Å². The van der Waals surface area contributed by atoms with Crippen LogP contribution in [0, 0.1) is 5.92 Å². The minimum atomic E-state index is -0.317. The van der Waals surface area contributed by atoms with Gasteiger partial charge in [0.1, 0.15) is 0 Å². The third-order valence-corrected chi connectivity index (χ3v) is 7.30. The van der Waals surface area contributed by atoms with Crippen molar-refractivity contribution in [2.75, 3.05) is 18.4 Å². The van der Waals surface area contributed by atoms with Gasteiger partial charge < -0.3 is 10.6 Å². The quantitative estimate of drug-likeness (QED) is 0.585. The smallest absolute Gasteiger partial charge is 0.242 e. The standard InChI is InChI=1S/C21H23Cl2N3O2S/c22-14-2-1-3-16(6-14)25-21(28)20-18(19-7-15(23)11-29-19)8-17(9-24-12-27)26(20)10-13-4-5-13/h1-3,6-7,11-13,17-18,20H,4-5,8-10H2,(H,24,27)(H,25,28)/t17-,18?,20?/m1/s1. The topological polar surface area (TPSA) is 61.4 Å². The molecule has 29 heavy (non-hydrogen) atoms. The Morgan fingerprint density at radius 1 is 1.24 bits per heavy atom. The Kier molecular flexibility index (Phi) is 6.44. The van der Waals surface area contributed by atoms with E-state index in [1.807, 2.05) is 23.6 Å². The van der Waals surface area contributed by atoms with Gasteiger partial charge in [0, 0.05) is 46.0 Å². The van der Waals surface area contributed by atoms with Gasteiger partial charge in [0.05, 0.1) is 11.1 Å². The van der Waals surface area contributed by atoms with Crippen LogP contribution in [-0.4, -0.2) is 42.4 Å². The summed E-state index contributed by atoms with van der Waals surface area (Å²) in [5, 5.41) is 9.05. The molecule has 2 fully saturated rings. The van der Waals surface area contributed by atoms with E-state index in [0.29, 0.717) is 28.2 Å². The molecule has 2 N–H and O–H groups in total. The van der Waals surface area contributed by atoms with E-state index in [0.717, 1.165) is 24.3 Å². The van der Waals surface area contributed by atoms with Crippen molar-refractivity contribution in [2.24, 2.45) is 5.92 Å². The molecule has 0 bridgehead atoms. The Hall–Kier alpha value is -1.60. The van der Waals surface area contributed by atoms with Crippen LogP contribution in [0.1, 0.15) is 30.1 Å². The molecule has 3 atom stereocenters. The molecular formula is C21H23Cl2N3O2S. The molecule has 1 aliphatic heterocycles. The summed E-state index contributed by atoms with van der Waals surface area (Å²) in [6.45, 7) is 1.40. The van der Waals surface area contributed by atoms with Crippen LogP contribution in [-0.2, 0) is 9.59 Å². The monoisotopic (exact) mass is 451 g/mol. The van der Waals surface area contributed by atoms with E-state index in [2.05, 4.69) is 15.5 Å². The Morgan fingerprint density at radius 3 is 2.72 bits per heavy atom. The highest BCUT2D eigenvalue weighted by Crippen LogP contribution is 2.43. The minimum absolute atomic E-state index is 0.0314. The Morgan fingerprint density at radius 2 is 2.07 bits per heavy atom. The van der Waals surface area contributed by atoms with E-state index in [4.69, 9.17) is 23.2 Å². The summed E-state index contributed by atoms with van der Waals surface area (Å²) in [5.41, 5.74) is 0.686. The largest absolute Gasteiger partial charge is 0.357 e. The van der Waals surface area contributed by atoms with Gasteiger partial charge in [0.2, 0.25) is 12.3 Å². The molecule has 1 aliphatic carbocycles. The molecule has 1 aromatic carbocycles. The summed E-state index contributed by atoms with van der Waals surface area (Å²) < 4.78 is 0. The SMILES string of the molecule is O=CNC[C@H]1CC(c2cc(Cl)cs2)C(C(=O)Nc2cccc(Cl)c2)N1CC1CC1.